The highest BCUT2D eigenvalue weighted by Crippen LogP contribution is 2.28. The molecule has 1 aliphatic rings. The van der Waals surface area contributed by atoms with Gasteiger partial charge >= 0.3 is 0 Å². The predicted octanol–water partition coefficient (Wildman–Crippen LogP) is 3.03. The van der Waals surface area contributed by atoms with Gasteiger partial charge in [0.2, 0.25) is 0 Å². The number of nitrogens with two attached hydrogens (primary N) is 1. The average molecular weight is 285 g/mol. The molecule has 4 heteroatoms. The molecule has 1 fully saturated rings. The number of hydrogen-bond donors (Lipinski definition) is 1. The van der Waals surface area contributed by atoms with E-state index in [4.69, 9.17) is 10.5 Å². The van der Waals surface area contributed by atoms with Crippen molar-refractivity contribution < 1.29 is 4.74 Å². The first-order valence-electron chi connectivity index (χ1n) is 7.62. The normalized spacial score (nSPS) is 20.1. The first-order chi connectivity index (χ1) is 10.2. The smallest absolute Gasteiger partial charge is 0.0994 e. The Kier molecular flexibility index (Phi) is 4.08. The summed E-state index contributed by atoms with van der Waals surface area (Å²) in [5, 5.41) is 0. The van der Waals surface area contributed by atoms with Gasteiger partial charge in [0.25, 0.3) is 0 Å². The third-order valence-corrected chi connectivity index (χ3v) is 4.32. The highest BCUT2D eigenvalue weighted by atomic mass is 16.5. The summed E-state index contributed by atoms with van der Waals surface area (Å²) in [4.78, 5) is 4.29. The van der Waals surface area contributed by atoms with Gasteiger partial charge < -0.3 is 15.0 Å². The van der Waals surface area contributed by atoms with Gasteiger partial charge in [-0.3, -0.25) is 0 Å². The Bertz CT molecular complexity index is 582. The second kappa shape index (κ2) is 6.00. The fraction of sp³-hybridized carbons (Fsp3) is 0.471. The van der Waals surface area contributed by atoms with Crippen molar-refractivity contribution in [1.82, 2.24) is 9.55 Å². The molecule has 2 N–H and O–H groups in total. The Morgan fingerprint density at radius 2 is 2.05 bits per heavy atom. The van der Waals surface area contributed by atoms with Crippen LogP contribution in [0.1, 0.15) is 43.5 Å². The van der Waals surface area contributed by atoms with E-state index < -0.39 is 0 Å². The first kappa shape index (κ1) is 14.3. The molecule has 2 atom stereocenters. The van der Waals surface area contributed by atoms with E-state index in [-0.39, 0.29) is 6.04 Å². The predicted molar refractivity (Wildman–Crippen MR) is 83.5 cm³/mol. The maximum atomic E-state index is 6.42. The van der Waals surface area contributed by atoms with Crippen LogP contribution in [-0.2, 0) is 4.74 Å². The van der Waals surface area contributed by atoms with Gasteiger partial charge in [-0.2, -0.15) is 0 Å². The van der Waals surface area contributed by atoms with Gasteiger partial charge in [0.1, 0.15) is 0 Å². The van der Waals surface area contributed by atoms with Crippen LogP contribution < -0.4 is 5.73 Å². The summed E-state index contributed by atoms with van der Waals surface area (Å²) < 4.78 is 7.54. The van der Waals surface area contributed by atoms with E-state index in [9.17, 15) is 0 Å². The second-order valence-electron chi connectivity index (χ2n) is 6.08. The number of imidazole rings is 1. The van der Waals surface area contributed by atoms with E-state index in [0.717, 1.165) is 31.0 Å². The van der Waals surface area contributed by atoms with E-state index in [1.54, 1.807) is 0 Å². The van der Waals surface area contributed by atoms with Crippen molar-refractivity contribution >= 4 is 0 Å². The van der Waals surface area contributed by atoms with Crippen LogP contribution >= 0.6 is 0 Å². The van der Waals surface area contributed by atoms with Crippen LogP contribution in [0.2, 0.25) is 0 Å². The Labute approximate surface area is 125 Å². The van der Waals surface area contributed by atoms with Crippen molar-refractivity contribution in [2.24, 2.45) is 11.7 Å². The molecule has 1 aromatic heterocycles. The number of hydrogen-bond acceptors (Lipinski definition) is 3. The van der Waals surface area contributed by atoms with Gasteiger partial charge in [0.15, 0.2) is 0 Å². The summed E-state index contributed by atoms with van der Waals surface area (Å²) in [5.41, 5.74) is 9.93. The molecular weight excluding hydrogens is 262 g/mol. The van der Waals surface area contributed by atoms with E-state index in [1.165, 1.54) is 5.56 Å². The maximum absolute atomic E-state index is 6.42. The lowest BCUT2D eigenvalue weighted by molar-refractivity contribution is 0.180. The molecule has 0 bridgehead atoms. The minimum Gasteiger partial charge on any atom is -0.381 e. The van der Waals surface area contributed by atoms with Crippen LogP contribution in [0.25, 0.3) is 5.69 Å². The molecule has 0 amide bonds. The molecule has 1 aliphatic heterocycles. The van der Waals surface area contributed by atoms with Gasteiger partial charge in [0.05, 0.1) is 30.9 Å². The van der Waals surface area contributed by atoms with Crippen LogP contribution in [0.4, 0.5) is 0 Å². The molecule has 2 aromatic rings. The van der Waals surface area contributed by atoms with Gasteiger partial charge in [-0.05, 0) is 30.0 Å². The monoisotopic (exact) mass is 285 g/mol. The zero-order valence-corrected chi connectivity index (χ0v) is 12.7. The first-order valence-corrected chi connectivity index (χ1v) is 7.62. The number of nitrogens with zero attached hydrogens (tertiary/aromatic N) is 2. The van der Waals surface area contributed by atoms with Crippen LogP contribution in [0.5, 0.6) is 0 Å². The standard InChI is InChI=1S/C17H23N3O/c1-12(2)13-3-5-15(6-4-13)20-11-19-9-16(20)17(18)14-7-8-21-10-14/h3-6,9,11-12,14,17H,7-8,10,18H2,1-2H3. The van der Waals surface area contributed by atoms with Crippen molar-refractivity contribution in [2.75, 3.05) is 13.2 Å². The number of ether oxygens (including phenoxy) is 1. The van der Waals surface area contributed by atoms with E-state index in [1.807, 2.05) is 12.5 Å². The highest BCUT2D eigenvalue weighted by Gasteiger charge is 2.26. The van der Waals surface area contributed by atoms with Gasteiger partial charge in [0, 0.05) is 18.2 Å². The molecule has 4 nitrogen and oxygen atoms in total. The van der Waals surface area contributed by atoms with E-state index in [2.05, 4.69) is 47.7 Å². The molecule has 21 heavy (non-hydrogen) atoms. The maximum Gasteiger partial charge on any atom is 0.0994 e. The Hall–Kier alpha value is -1.65. The summed E-state index contributed by atoms with van der Waals surface area (Å²) in [6, 6.07) is 8.60. The molecule has 3 rings (SSSR count). The molecule has 1 saturated heterocycles. The van der Waals surface area contributed by atoms with Gasteiger partial charge in [-0.25, -0.2) is 4.98 Å². The van der Waals surface area contributed by atoms with Crippen LogP contribution in [0.15, 0.2) is 36.8 Å². The van der Waals surface area contributed by atoms with E-state index in [0.29, 0.717) is 11.8 Å². The lowest BCUT2D eigenvalue weighted by Gasteiger charge is -2.19. The topological polar surface area (TPSA) is 53.1 Å². The third-order valence-electron chi connectivity index (χ3n) is 4.32. The van der Waals surface area contributed by atoms with Crippen molar-refractivity contribution in [3.63, 3.8) is 0 Å². The van der Waals surface area contributed by atoms with Crippen LogP contribution in [-0.4, -0.2) is 22.8 Å². The quantitative estimate of drug-likeness (QED) is 0.939. The van der Waals surface area contributed by atoms with Crippen molar-refractivity contribution in [1.29, 1.82) is 0 Å². The second-order valence-corrected chi connectivity index (χ2v) is 6.08. The number of rotatable bonds is 4. The van der Waals surface area contributed by atoms with Crippen molar-refractivity contribution in [2.45, 2.75) is 32.2 Å². The van der Waals surface area contributed by atoms with Crippen LogP contribution in [0.3, 0.4) is 0 Å². The number of benzene rings is 1. The minimum absolute atomic E-state index is 0.0280. The van der Waals surface area contributed by atoms with Gasteiger partial charge in [-0.15, -0.1) is 0 Å². The molecule has 2 heterocycles. The summed E-state index contributed by atoms with van der Waals surface area (Å²) in [6.07, 6.45) is 4.74. The summed E-state index contributed by atoms with van der Waals surface area (Å²) in [6.45, 7) is 5.97. The molecule has 1 aromatic carbocycles. The molecule has 2 unspecified atom stereocenters. The summed E-state index contributed by atoms with van der Waals surface area (Å²) in [5.74, 6) is 0.926. The van der Waals surface area contributed by atoms with Crippen molar-refractivity contribution in [3.8, 4) is 5.69 Å². The fourth-order valence-corrected chi connectivity index (χ4v) is 2.86. The SMILES string of the molecule is CC(C)c1ccc(-n2cncc2C(N)C2CCOC2)cc1. The fourth-order valence-electron chi connectivity index (χ4n) is 2.86. The third kappa shape index (κ3) is 2.87. The largest absolute Gasteiger partial charge is 0.381 e. The van der Waals surface area contributed by atoms with Crippen molar-refractivity contribution in [3.05, 3.63) is 48.0 Å². The Morgan fingerprint density at radius 3 is 2.67 bits per heavy atom. The Morgan fingerprint density at radius 1 is 1.29 bits per heavy atom. The van der Waals surface area contributed by atoms with Crippen LogP contribution in [0, 0.1) is 5.92 Å². The average Bonchev–Trinajstić information content (AvgIpc) is 3.18. The molecule has 0 spiro atoms. The lowest BCUT2D eigenvalue weighted by atomic mass is 9.97. The van der Waals surface area contributed by atoms with E-state index >= 15 is 0 Å². The molecule has 0 saturated carbocycles. The Balaban J connectivity index is 1.87. The lowest BCUT2D eigenvalue weighted by Crippen LogP contribution is -2.24. The molecular formula is C17H23N3O. The summed E-state index contributed by atoms with van der Waals surface area (Å²) in [7, 11) is 0. The molecule has 0 aliphatic carbocycles. The molecule has 0 radical (unpaired) electrons. The summed E-state index contributed by atoms with van der Waals surface area (Å²) >= 11 is 0. The van der Waals surface area contributed by atoms with Gasteiger partial charge in [-0.1, -0.05) is 26.0 Å². The highest BCUT2D eigenvalue weighted by molar-refractivity contribution is 5.37. The zero-order chi connectivity index (χ0) is 14.8. The molecule has 112 valence electrons. The minimum atomic E-state index is -0.0280. The number of aromatic nitrogens is 2. The zero-order valence-electron chi connectivity index (χ0n) is 12.7.